The fourth-order valence-corrected chi connectivity index (χ4v) is 2.80. The van der Waals surface area contributed by atoms with Crippen LogP contribution in [0.25, 0.3) is 0 Å². The highest BCUT2D eigenvalue weighted by molar-refractivity contribution is 7.91. The number of esters is 1. The Hall–Kier alpha value is -1.89. The van der Waals surface area contributed by atoms with Crippen LogP contribution in [0.2, 0.25) is 0 Å². The van der Waals surface area contributed by atoms with Gasteiger partial charge in [-0.2, -0.15) is 0 Å². The van der Waals surface area contributed by atoms with E-state index < -0.39 is 33.3 Å². The number of carboxylic acids is 1. The van der Waals surface area contributed by atoms with Gasteiger partial charge in [0.25, 0.3) is 0 Å². The quantitative estimate of drug-likeness (QED) is 0.779. The summed E-state index contributed by atoms with van der Waals surface area (Å²) in [5.74, 6) is -3.31. The van der Waals surface area contributed by atoms with E-state index in [1.807, 2.05) is 0 Å². The van der Waals surface area contributed by atoms with Gasteiger partial charge in [-0.1, -0.05) is 18.2 Å². The largest absolute Gasteiger partial charge is 0.478 e. The van der Waals surface area contributed by atoms with Crippen LogP contribution in [0, 0.1) is 0 Å². The molecule has 0 fully saturated rings. The van der Waals surface area contributed by atoms with Crippen molar-refractivity contribution in [2.24, 2.45) is 0 Å². The summed E-state index contributed by atoms with van der Waals surface area (Å²) in [7, 11) is -3.75. The number of benzene rings is 1. The fraction of sp³-hybridized carbons (Fsp3) is 0.333. The number of hydrogen-bond acceptors (Lipinski definition) is 5. The highest BCUT2D eigenvalue weighted by Gasteiger charge is 2.21. The maximum absolute atomic E-state index is 11.8. The number of carboxylic acid groups (broad SMARTS) is 1. The SMILES string of the molecule is CCOC(=O)CS(=O)(=O)Cc1ccccc1C(=O)O. The zero-order chi connectivity index (χ0) is 14.5. The first kappa shape index (κ1) is 15.2. The smallest absolute Gasteiger partial charge is 0.335 e. The predicted molar refractivity (Wildman–Crippen MR) is 67.5 cm³/mol. The first-order valence-electron chi connectivity index (χ1n) is 5.53. The summed E-state index contributed by atoms with van der Waals surface area (Å²) < 4.78 is 28.1. The number of ether oxygens (including phenoxy) is 1. The Morgan fingerprint density at radius 2 is 1.89 bits per heavy atom. The second kappa shape index (κ2) is 6.33. The Bertz CT molecular complexity index is 576. The summed E-state index contributed by atoms with van der Waals surface area (Å²) in [6.45, 7) is 1.67. The fourth-order valence-electron chi connectivity index (χ4n) is 1.52. The molecule has 0 amide bonds. The van der Waals surface area contributed by atoms with E-state index in [9.17, 15) is 18.0 Å². The van der Waals surface area contributed by atoms with E-state index in [4.69, 9.17) is 5.11 Å². The van der Waals surface area contributed by atoms with E-state index in [-0.39, 0.29) is 17.7 Å². The predicted octanol–water partition coefficient (Wildman–Crippen LogP) is 0.863. The van der Waals surface area contributed by atoms with E-state index in [2.05, 4.69) is 4.74 Å². The lowest BCUT2D eigenvalue weighted by molar-refractivity contribution is -0.139. The second-order valence-electron chi connectivity index (χ2n) is 3.80. The molecule has 104 valence electrons. The molecule has 0 aliphatic carbocycles. The van der Waals surface area contributed by atoms with Crippen molar-refractivity contribution in [3.8, 4) is 0 Å². The number of sulfone groups is 1. The molecule has 1 aromatic carbocycles. The Balaban J connectivity index is 2.90. The third-order valence-electron chi connectivity index (χ3n) is 2.27. The first-order valence-corrected chi connectivity index (χ1v) is 7.35. The summed E-state index contributed by atoms with van der Waals surface area (Å²) in [5, 5.41) is 8.94. The molecule has 0 aromatic heterocycles. The van der Waals surface area contributed by atoms with E-state index in [1.165, 1.54) is 18.2 Å². The molecule has 0 bridgehead atoms. The normalized spacial score (nSPS) is 11.0. The molecule has 0 saturated heterocycles. The van der Waals surface area contributed by atoms with Gasteiger partial charge >= 0.3 is 11.9 Å². The Labute approximate surface area is 110 Å². The number of carbonyl (C=O) groups excluding carboxylic acids is 1. The zero-order valence-electron chi connectivity index (χ0n) is 10.3. The van der Waals surface area contributed by atoms with Gasteiger partial charge in [-0.15, -0.1) is 0 Å². The molecule has 0 saturated carbocycles. The van der Waals surface area contributed by atoms with E-state index in [0.717, 1.165) is 0 Å². The van der Waals surface area contributed by atoms with Crippen LogP contribution in [0.3, 0.4) is 0 Å². The lowest BCUT2D eigenvalue weighted by Gasteiger charge is -2.07. The number of carbonyl (C=O) groups is 2. The summed E-state index contributed by atoms with van der Waals surface area (Å²) in [5.41, 5.74) is 0.0641. The third-order valence-corrected chi connectivity index (χ3v) is 3.69. The van der Waals surface area contributed by atoms with Crippen LogP contribution in [0.4, 0.5) is 0 Å². The van der Waals surface area contributed by atoms with Gasteiger partial charge in [-0.25, -0.2) is 13.2 Å². The number of aromatic carboxylic acids is 1. The number of hydrogen-bond donors (Lipinski definition) is 1. The molecular formula is C12H14O6S. The molecule has 19 heavy (non-hydrogen) atoms. The van der Waals surface area contributed by atoms with Crippen LogP contribution in [0.15, 0.2) is 24.3 Å². The van der Waals surface area contributed by atoms with E-state index in [0.29, 0.717) is 0 Å². The van der Waals surface area contributed by atoms with Gasteiger partial charge in [0.2, 0.25) is 0 Å². The van der Waals surface area contributed by atoms with Gasteiger partial charge in [0.15, 0.2) is 9.84 Å². The lowest BCUT2D eigenvalue weighted by atomic mass is 10.1. The zero-order valence-corrected chi connectivity index (χ0v) is 11.1. The summed E-state index contributed by atoms with van der Waals surface area (Å²) in [4.78, 5) is 22.1. The van der Waals surface area contributed by atoms with Crippen LogP contribution in [0.5, 0.6) is 0 Å². The Morgan fingerprint density at radius 3 is 2.47 bits per heavy atom. The third kappa shape index (κ3) is 4.70. The van der Waals surface area contributed by atoms with Crippen molar-refractivity contribution >= 4 is 21.8 Å². The van der Waals surface area contributed by atoms with Crippen LogP contribution in [-0.4, -0.2) is 37.8 Å². The van der Waals surface area contributed by atoms with Crippen LogP contribution in [0.1, 0.15) is 22.8 Å². The standard InChI is InChI=1S/C12H14O6S/c1-2-18-11(13)8-19(16,17)7-9-5-3-4-6-10(9)12(14)15/h3-6H,2,7-8H2,1H3,(H,14,15). The molecule has 7 heteroatoms. The molecular weight excluding hydrogens is 272 g/mol. The molecule has 1 rings (SSSR count). The molecule has 0 aliphatic rings. The maximum atomic E-state index is 11.8. The average molecular weight is 286 g/mol. The minimum absolute atomic E-state index is 0.0880. The van der Waals surface area contributed by atoms with Crippen molar-refractivity contribution < 1.29 is 27.9 Å². The van der Waals surface area contributed by atoms with Gasteiger partial charge in [-0.3, -0.25) is 4.79 Å². The number of rotatable bonds is 6. The van der Waals surface area contributed by atoms with E-state index >= 15 is 0 Å². The first-order chi connectivity index (χ1) is 8.85. The van der Waals surface area contributed by atoms with E-state index in [1.54, 1.807) is 13.0 Å². The van der Waals surface area contributed by atoms with Crippen LogP contribution in [-0.2, 0) is 25.1 Å². The van der Waals surface area contributed by atoms with Crippen molar-refractivity contribution in [2.45, 2.75) is 12.7 Å². The minimum atomic E-state index is -3.75. The highest BCUT2D eigenvalue weighted by Crippen LogP contribution is 2.13. The molecule has 0 spiro atoms. The molecule has 0 heterocycles. The van der Waals surface area contributed by atoms with Gasteiger partial charge in [-0.05, 0) is 18.6 Å². The maximum Gasteiger partial charge on any atom is 0.335 e. The average Bonchev–Trinajstić information content (AvgIpc) is 2.28. The summed E-state index contributed by atoms with van der Waals surface area (Å²) in [6, 6.07) is 5.77. The van der Waals surface area contributed by atoms with Gasteiger partial charge < -0.3 is 9.84 Å². The molecule has 0 atom stereocenters. The van der Waals surface area contributed by atoms with Crippen molar-refractivity contribution in [3.63, 3.8) is 0 Å². The van der Waals surface area contributed by atoms with Gasteiger partial charge in [0, 0.05) is 0 Å². The molecule has 6 nitrogen and oxygen atoms in total. The van der Waals surface area contributed by atoms with Crippen molar-refractivity contribution in [1.29, 1.82) is 0 Å². The summed E-state index contributed by atoms with van der Waals surface area (Å²) in [6.07, 6.45) is 0. The van der Waals surface area contributed by atoms with Crippen LogP contribution < -0.4 is 0 Å². The Morgan fingerprint density at radius 1 is 1.26 bits per heavy atom. The van der Waals surface area contributed by atoms with Crippen molar-refractivity contribution in [1.82, 2.24) is 0 Å². The molecule has 1 aromatic rings. The lowest BCUT2D eigenvalue weighted by Crippen LogP contribution is -2.20. The van der Waals surface area contributed by atoms with Crippen molar-refractivity contribution in [3.05, 3.63) is 35.4 Å². The van der Waals surface area contributed by atoms with Crippen molar-refractivity contribution in [2.75, 3.05) is 12.4 Å². The van der Waals surface area contributed by atoms with Gasteiger partial charge in [0.05, 0.1) is 17.9 Å². The molecule has 0 unspecified atom stereocenters. The highest BCUT2D eigenvalue weighted by atomic mass is 32.2. The van der Waals surface area contributed by atoms with Gasteiger partial charge in [0.1, 0.15) is 5.75 Å². The molecule has 1 N–H and O–H groups in total. The molecule has 0 radical (unpaired) electrons. The van der Waals surface area contributed by atoms with Crippen LogP contribution >= 0.6 is 0 Å². The second-order valence-corrected chi connectivity index (χ2v) is 5.86. The monoisotopic (exact) mass is 286 g/mol. The summed E-state index contributed by atoms with van der Waals surface area (Å²) >= 11 is 0. The Kier molecular flexibility index (Phi) is 5.05. The molecule has 0 aliphatic heterocycles. The topological polar surface area (TPSA) is 97.7 Å². The minimum Gasteiger partial charge on any atom is -0.478 e.